The summed E-state index contributed by atoms with van der Waals surface area (Å²) in [6.45, 7) is 5.19. The van der Waals surface area contributed by atoms with E-state index in [0.717, 1.165) is 6.54 Å². The second-order valence-electron chi connectivity index (χ2n) is 2.54. The van der Waals surface area contributed by atoms with E-state index in [1.165, 1.54) is 0 Å². The molecule has 0 aromatic carbocycles. The van der Waals surface area contributed by atoms with Crippen molar-refractivity contribution in [3.63, 3.8) is 0 Å². The first-order valence-electron chi connectivity index (χ1n) is 4.17. The van der Waals surface area contributed by atoms with Crippen LogP contribution in [0.5, 0.6) is 0 Å². The van der Waals surface area contributed by atoms with E-state index >= 15 is 0 Å². The quantitative estimate of drug-likeness (QED) is 0.653. The van der Waals surface area contributed by atoms with E-state index in [1.807, 2.05) is 13.8 Å². The lowest BCUT2D eigenvalue weighted by molar-refractivity contribution is -0.130. The molecule has 0 fully saturated rings. The molecule has 3 nitrogen and oxygen atoms in total. The maximum Gasteiger partial charge on any atom is 0.222 e. The van der Waals surface area contributed by atoms with Crippen LogP contribution in [0.2, 0.25) is 0 Å². The van der Waals surface area contributed by atoms with E-state index in [4.69, 9.17) is 18.0 Å². The average molecular weight is 188 g/mol. The van der Waals surface area contributed by atoms with Crippen LogP contribution in [0, 0.1) is 0 Å². The van der Waals surface area contributed by atoms with Gasteiger partial charge in [-0.05, 0) is 6.92 Å². The van der Waals surface area contributed by atoms with Gasteiger partial charge in [0.15, 0.2) is 0 Å². The number of thiocarbonyl (C=S) groups is 1. The van der Waals surface area contributed by atoms with Gasteiger partial charge in [0.25, 0.3) is 0 Å². The van der Waals surface area contributed by atoms with Crippen LogP contribution >= 0.6 is 12.2 Å². The van der Waals surface area contributed by atoms with Gasteiger partial charge in [-0.15, -0.1) is 0 Å². The summed E-state index contributed by atoms with van der Waals surface area (Å²) in [5.74, 6) is 0.161. The van der Waals surface area contributed by atoms with Gasteiger partial charge in [0, 0.05) is 25.9 Å². The summed E-state index contributed by atoms with van der Waals surface area (Å²) in [7, 11) is 0. The number of amides is 1. The molecule has 0 aromatic heterocycles. The van der Waals surface area contributed by atoms with Crippen molar-refractivity contribution in [3.8, 4) is 0 Å². The van der Waals surface area contributed by atoms with Crippen LogP contribution in [0.1, 0.15) is 26.7 Å². The van der Waals surface area contributed by atoms with Crippen molar-refractivity contribution in [2.45, 2.75) is 26.7 Å². The Morgan fingerprint density at radius 3 is 2.42 bits per heavy atom. The first kappa shape index (κ1) is 11.4. The first-order valence-corrected chi connectivity index (χ1v) is 4.58. The molecule has 0 spiro atoms. The van der Waals surface area contributed by atoms with Gasteiger partial charge in [-0.25, -0.2) is 0 Å². The molecule has 0 aromatic rings. The molecule has 0 saturated carbocycles. The topological polar surface area (TPSA) is 46.3 Å². The highest BCUT2D eigenvalue weighted by Crippen LogP contribution is 1.95. The van der Waals surface area contributed by atoms with Crippen molar-refractivity contribution in [1.29, 1.82) is 0 Å². The molecule has 0 aliphatic rings. The average Bonchev–Trinajstić information content (AvgIpc) is 2.04. The van der Waals surface area contributed by atoms with E-state index in [2.05, 4.69) is 0 Å². The fourth-order valence-electron chi connectivity index (χ4n) is 0.928. The molecule has 0 aliphatic heterocycles. The first-order chi connectivity index (χ1) is 5.61. The second-order valence-corrected chi connectivity index (χ2v) is 3.07. The zero-order chi connectivity index (χ0) is 9.56. The van der Waals surface area contributed by atoms with Gasteiger partial charge in [0.2, 0.25) is 5.91 Å². The molecular formula is C8H16N2OS. The standard InChI is InChI=1S/C8H16N2OS/c1-3-8(11)10(4-2)6-5-7(9)12/h3-6H2,1-2H3,(H2,9,12). The summed E-state index contributed by atoms with van der Waals surface area (Å²) >= 11 is 4.72. The van der Waals surface area contributed by atoms with Gasteiger partial charge in [-0.3, -0.25) is 4.79 Å². The van der Waals surface area contributed by atoms with Crippen LogP contribution in [0.3, 0.4) is 0 Å². The van der Waals surface area contributed by atoms with Gasteiger partial charge >= 0.3 is 0 Å². The number of nitrogens with two attached hydrogens (primary N) is 1. The third kappa shape index (κ3) is 4.28. The van der Waals surface area contributed by atoms with Crippen LogP contribution in [0.25, 0.3) is 0 Å². The summed E-state index contributed by atoms with van der Waals surface area (Å²) < 4.78 is 0. The summed E-state index contributed by atoms with van der Waals surface area (Å²) in [5, 5.41) is 0. The molecular weight excluding hydrogens is 172 g/mol. The number of hydrogen-bond donors (Lipinski definition) is 1. The molecule has 0 radical (unpaired) electrons. The number of hydrogen-bond acceptors (Lipinski definition) is 2. The van der Waals surface area contributed by atoms with Gasteiger partial charge in [-0.2, -0.15) is 0 Å². The van der Waals surface area contributed by atoms with Crippen molar-refractivity contribution in [3.05, 3.63) is 0 Å². The highest BCUT2D eigenvalue weighted by atomic mass is 32.1. The molecule has 0 atom stereocenters. The lowest BCUT2D eigenvalue weighted by Gasteiger charge is -2.19. The SMILES string of the molecule is CCC(=O)N(CC)CCC(N)=S. The predicted octanol–water partition coefficient (Wildman–Crippen LogP) is 0.921. The molecule has 0 unspecified atom stereocenters. The Labute approximate surface area is 78.9 Å². The Morgan fingerprint density at radius 2 is 2.08 bits per heavy atom. The van der Waals surface area contributed by atoms with Crippen molar-refractivity contribution < 1.29 is 4.79 Å². The monoisotopic (exact) mass is 188 g/mol. The fraction of sp³-hybridized carbons (Fsp3) is 0.750. The smallest absolute Gasteiger partial charge is 0.222 e. The Hall–Kier alpha value is -0.640. The molecule has 0 bridgehead atoms. The van der Waals surface area contributed by atoms with Crippen LogP contribution in [-0.2, 0) is 4.79 Å². The zero-order valence-corrected chi connectivity index (χ0v) is 8.49. The van der Waals surface area contributed by atoms with E-state index in [1.54, 1.807) is 4.90 Å². The second kappa shape index (κ2) is 5.94. The summed E-state index contributed by atoms with van der Waals surface area (Å²) in [6, 6.07) is 0. The van der Waals surface area contributed by atoms with E-state index in [0.29, 0.717) is 24.4 Å². The highest BCUT2D eigenvalue weighted by Gasteiger charge is 2.08. The molecule has 0 aliphatic carbocycles. The molecule has 70 valence electrons. The summed E-state index contributed by atoms with van der Waals surface area (Å²) in [5.41, 5.74) is 5.33. The minimum atomic E-state index is 0.161. The van der Waals surface area contributed by atoms with Crippen LogP contribution < -0.4 is 5.73 Å². The molecule has 12 heavy (non-hydrogen) atoms. The minimum Gasteiger partial charge on any atom is -0.393 e. The van der Waals surface area contributed by atoms with Gasteiger partial charge in [-0.1, -0.05) is 19.1 Å². The Balaban J connectivity index is 3.83. The van der Waals surface area contributed by atoms with Crippen LogP contribution in [-0.4, -0.2) is 28.9 Å². The lowest BCUT2D eigenvalue weighted by atomic mass is 10.3. The van der Waals surface area contributed by atoms with Crippen LogP contribution in [0.4, 0.5) is 0 Å². The molecule has 0 saturated heterocycles. The van der Waals surface area contributed by atoms with E-state index in [-0.39, 0.29) is 5.91 Å². The molecule has 2 N–H and O–H groups in total. The van der Waals surface area contributed by atoms with Gasteiger partial charge in [0.1, 0.15) is 0 Å². The maximum absolute atomic E-state index is 11.2. The van der Waals surface area contributed by atoms with E-state index < -0.39 is 0 Å². The van der Waals surface area contributed by atoms with Gasteiger partial charge < -0.3 is 10.6 Å². The molecule has 4 heteroatoms. The Kier molecular flexibility index (Phi) is 5.62. The third-order valence-electron chi connectivity index (χ3n) is 1.66. The molecule has 0 heterocycles. The van der Waals surface area contributed by atoms with Crippen LogP contribution in [0.15, 0.2) is 0 Å². The maximum atomic E-state index is 11.2. The molecule has 0 rings (SSSR count). The Bertz CT molecular complexity index is 170. The number of carbonyl (C=O) groups excluding carboxylic acids is 1. The lowest BCUT2D eigenvalue weighted by Crippen LogP contribution is -2.32. The molecule has 1 amide bonds. The van der Waals surface area contributed by atoms with Crippen molar-refractivity contribution in [1.82, 2.24) is 4.90 Å². The summed E-state index contributed by atoms with van der Waals surface area (Å²) in [4.78, 5) is 13.4. The normalized spacial score (nSPS) is 9.50. The predicted molar refractivity (Wildman–Crippen MR) is 53.9 cm³/mol. The van der Waals surface area contributed by atoms with Crippen molar-refractivity contribution in [2.75, 3.05) is 13.1 Å². The Morgan fingerprint density at radius 1 is 1.50 bits per heavy atom. The summed E-state index contributed by atoms with van der Waals surface area (Å²) in [6.07, 6.45) is 1.17. The number of carbonyl (C=O) groups is 1. The van der Waals surface area contributed by atoms with Gasteiger partial charge in [0.05, 0.1) is 4.99 Å². The number of nitrogens with zero attached hydrogens (tertiary/aromatic N) is 1. The third-order valence-corrected chi connectivity index (χ3v) is 1.87. The van der Waals surface area contributed by atoms with Crippen molar-refractivity contribution in [2.24, 2.45) is 5.73 Å². The van der Waals surface area contributed by atoms with Crippen molar-refractivity contribution >= 4 is 23.1 Å². The minimum absolute atomic E-state index is 0.161. The zero-order valence-electron chi connectivity index (χ0n) is 7.67. The highest BCUT2D eigenvalue weighted by molar-refractivity contribution is 7.80. The fourth-order valence-corrected chi connectivity index (χ4v) is 1.02. The largest absolute Gasteiger partial charge is 0.393 e. The van der Waals surface area contributed by atoms with E-state index in [9.17, 15) is 4.79 Å². The number of rotatable bonds is 5.